The third kappa shape index (κ3) is 3.80. The highest BCUT2D eigenvalue weighted by molar-refractivity contribution is 7.14. The molecule has 3 rings (SSSR count). The van der Waals surface area contributed by atoms with Crippen LogP contribution in [0.1, 0.15) is 44.9 Å². The number of nitrogens with one attached hydrogen (secondary N) is 2. The molecule has 0 spiro atoms. The summed E-state index contributed by atoms with van der Waals surface area (Å²) in [6.45, 7) is 0.654. The maximum Gasteiger partial charge on any atom is 0.320 e. The third-order valence-electron chi connectivity index (χ3n) is 4.52. The zero-order valence-corrected chi connectivity index (χ0v) is 13.5. The Morgan fingerprint density at radius 3 is 2.68 bits per heavy atom. The average Bonchev–Trinajstić information content (AvgIpc) is 3.01. The Balaban J connectivity index is 1.51. The number of likely N-dealkylation sites (tertiary alicyclic amines) is 1. The van der Waals surface area contributed by atoms with Crippen LogP contribution in [0.2, 0.25) is 0 Å². The SMILES string of the molecule is O=C(Nc1cccs1)N[C@H]1CC(=O)N(C2CCCCCC2)C1. The summed E-state index contributed by atoms with van der Waals surface area (Å²) in [6.07, 6.45) is 7.64. The van der Waals surface area contributed by atoms with Gasteiger partial charge in [-0.15, -0.1) is 11.3 Å². The summed E-state index contributed by atoms with van der Waals surface area (Å²) < 4.78 is 0. The minimum absolute atomic E-state index is 0.0734. The van der Waals surface area contributed by atoms with Gasteiger partial charge >= 0.3 is 6.03 Å². The predicted molar refractivity (Wildman–Crippen MR) is 88.1 cm³/mol. The van der Waals surface area contributed by atoms with Crippen LogP contribution in [-0.4, -0.2) is 35.5 Å². The lowest BCUT2D eigenvalue weighted by atomic mass is 10.1. The van der Waals surface area contributed by atoms with Gasteiger partial charge in [-0.05, 0) is 30.4 Å². The molecule has 1 saturated carbocycles. The number of nitrogens with zero attached hydrogens (tertiary/aromatic N) is 1. The fourth-order valence-corrected chi connectivity index (χ4v) is 4.05. The van der Waals surface area contributed by atoms with Gasteiger partial charge in [0.05, 0.1) is 11.0 Å². The fourth-order valence-electron chi connectivity index (χ4n) is 3.43. The average molecular weight is 321 g/mol. The summed E-state index contributed by atoms with van der Waals surface area (Å²) in [6, 6.07) is 3.84. The molecule has 1 aliphatic heterocycles. The Hall–Kier alpha value is -1.56. The van der Waals surface area contributed by atoms with Gasteiger partial charge in [0, 0.05) is 19.0 Å². The molecule has 0 radical (unpaired) electrons. The lowest BCUT2D eigenvalue weighted by Crippen LogP contribution is -2.41. The Bertz CT molecular complexity index is 509. The number of rotatable bonds is 3. The van der Waals surface area contributed by atoms with Crippen LogP contribution in [0.4, 0.5) is 9.80 Å². The Labute approximate surface area is 135 Å². The summed E-state index contributed by atoms with van der Waals surface area (Å²) >= 11 is 1.49. The first-order chi connectivity index (χ1) is 10.7. The minimum Gasteiger partial charge on any atom is -0.338 e. The number of urea groups is 1. The highest BCUT2D eigenvalue weighted by Gasteiger charge is 2.35. The van der Waals surface area contributed by atoms with E-state index in [0.717, 1.165) is 17.8 Å². The third-order valence-corrected chi connectivity index (χ3v) is 5.30. The van der Waals surface area contributed by atoms with E-state index in [4.69, 9.17) is 0 Å². The maximum atomic E-state index is 12.3. The normalized spacial score (nSPS) is 23.4. The molecule has 2 fully saturated rings. The number of thiophene rings is 1. The molecular weight excluding hydrogens is 298 g/mol. The molecule has 120 valence electrons. The summed E-state index contributed by atoms with van der Waals surface area (Å²) in [5, 5.41) is 8.47. The number of anilines is 1. The van der Waals surface area contributed by atoms with E-state index < -0.39 is 0 Å². The lowest BCUT2D eigenvalue weighted by Gasteiger charge is -2.27. The van der Waals surface area contributed by atoms with Gasteiger partial charge in [-0.3, -0.25) is 10.1 Å². The summed E-state index contributed by atoms with van der Waals surface area (Å²) in [4.78, 5) is 26.2. The van der Waals surface area contributed by atoms with Gasteiger partial charge in [0.25, 0.3) is 0 Å². The fraction of sp³-hybridized carbons (Fsp3) is 0.625. The zero-order chi connectivity index (χ0) is 15.4. The van der Waals surface area contributed by atoms with Gasteiger partial charge in [-0.2, -0.15) is 0 Å². The van der Waals surface area contributed by atoms with Crippen molar-refractivity contribution in [3.63, 3.8) is 0 Å². The lowest BCUT2D eigenvalue weighted by molar-refractivity contribution is -0.129. The van der Waals surface area contributed by atoms with Crippen LogP contribution in [0.3, 0.4) is 0 Å². The largest absolute Gasteiger partial charge is 0.338 e. The van der Waals surface area contributed by atoms with E-state index >= 15 is 0 Å². The van der Waals surface area contributed by atoms with Crippen molar-refractivity contribution in [3.05, 3.63) is 17.5 Å². The maximum absolute atomic E-state index is 12.3. The van der Waals surface area contributed by atoms with Crippen LogP contribution in [0.5, 0.6) is 0 Å². The molecule has 2 heterocycles. The quantitative estimate of drug-likeness (QED) is 0.840. The van der Waals surface area contributed by atoms with Crippen LogP contribution in [0, 0.1) is 0 Å². The molecule has 0 aromatic carbocycles. The molecule has 1 aromatic rings. The second kappa shape index (κ2) is 7.13. The molecule has 3 amide bonds. The number of carbonyl (C=O) groups excluding carboxylic acids is 2. The van der Waals surface area contributed by atoms with Crippen LogP contribution in [0.15, 0.2) is 17.5 Å². The highest BCUT2D eigenvalue weighted by Crippen LogP contribution is 2.26. The van der Waals surface area contributed by atoms with Crippen molar-refractivity contribution < 1.29 is 9.59 Å². The Morgan fingerprint density at radius 1 is 1.23 bits per heavy atom. The highest BCUT2D eigenvalue weighted by atomic mass is 32.1. The van der Waals surface area contributed by atoms with E-state index in [-0.39, 0.29) is 18.0 Å². The molecule has 6 heteroatoms. The number of hydrogen-bond acceptors (Lipinski definition) is 3. The molecule has 2 aliphatic rings. The minimum atomic E-state index is -0.219. The standard InChI is InChI=1S/C16H23N3O2S/c20-15-10-12(17-16(21)18-14-8-5-9-22-14)11-19(15)13-6-3-1-2-4-7-13/h5,8-9,12-13H,1-4,6-7,10-11H2,(H2,17,18,21)/t12-/m0/s1. The molecule has 1 atom stereocenters. The molecular formula is C16H23N3O2S. The second-order valence-electron chi connectivity index (χ2n) is 6.17. The summed E-state index contributed by atoms with van der Waals surface area (Å²) in [5.74, 6) is 0.188. The topological polar surface area (TPSA) is 61.4 Å². The molecule has 0 unspecified atom stereocenters. The van der Waals surface area contributed by atoms with E-state index in [2.05, 4.69) is 10.6 Å². The first kappa shape index (κ1) is 15.3. The molecule has 2 N–H and O–H groups in total. The van der Waals surface area contributed by atoms with E-state index in [9.17, 15) is 9.59 Å². The van der Waals surface area contributed by atoms with Crippen molar-refractivity contribution in [2.75, 3.05) is 11.9 Å². The zero-order valence-electron chi connectivity index (χ0n) is 12.7. The molecule has 0 bridgehead atoms. The number of amides is 3. The molecule has 22 heavy (non-hydrogen) atoms. The van der Waals surface area contributed by atoms with Crippen LogP contribution in [0.25, 0.3) is 0 Å². The van der Waals surface area contributed by atoms with Crippen LogP contribution < -0.4 is 10.6 Å². The predicted octanol–water partition coefficient (Wildman–Crippen LogP) is 3.19. The van der Waals surface area contributed by atoms with Crippen molar-refractivity contribution in [1.82, 2.24) is 10.2 Å². The van der Waals surface area contributed by atoms with Gasteiger partial charge in [0.15, 0.2) is 0 Å². The van der Waals surface area contributed by atoms with Gasteiger partial charge < -0.3 is 10.2 Å². The van der Waals surface area contributed by atoms with E-state index in [1.54, 1.807) is 0 Å². The molecule has 1 aromatic heterocycles. The molecule has 1 aliphatic carbocycles. The first-order valence-electron chi connectivity index (χ1n) is 8.13. The van der Waals surface area contributed by atoms with E-state index in [1.807, 2.05) is 22.4 Å². The van der Waals surface area contributed by atoms with Crippen LogP contribution in [-0.2, 0) is 4.79 Å². The Kier molecular flexibility index (Phi) is 4.97. The number of hydrogen-bond donors (Lipinski definition) is 2. The van der Waals surface area contributed by atoms with Gasteiger partial charge in [-0.25, -0.2) is 4.79 Å². The van der Waals surface area contributed by atoms with Gasteiger partial charge in [-0.1, -0.05) is 25.7 Å². The Morgan fingerprint density at radius 2 is 2.00 bits per heavy atom. The first-order valence-corrected chi connectivity index (χ1v) is 9.01. The number of carbonyl (C=O) groups is 2. The summed E-state index contributed by atoms with van der Waals surface area (Å²) in [5.41, 5.74) is 0. The molecule has 5 nitrogen and oxygen atoms in total. The van der Waals surface area contributed by atoms with Crippen molar-refractivity contribution >= 4 is 28.3 Å². The van der Waals surface area contributed by atoms with E-state index in [0.29, 0.717) is 19.0 Å². The van der Waals surface area contributed by atoms with Crippen LogP contribution >= 0.6 is 11.3 Å². The van der Waals surface area contributed by atoms with E-state index in [1.165, 1.54) is 37.0 Å². The monoisotopic (exact) mass is 321 g/mol. The van der Waals surface area contributed by atoms with Crippen molar-refractivity contribution in [2.24, 2.45) is 0 Å². The van der Waals surface area contributed by atoms with Crippen molar-refractivity contribution in [2.45, 2.75) is 57.0 Å². The van der Waals surface area contributed by atoms with Crippen molar-refractivity contribution in [3.8, 4) is 0 Å². The second-order valence-corrected chi connectivity index (χ2v) is 7.12. The smallest absolute Gasteiger partial charge is 0.320 e. The van der Waals surface area contributed by atoms with Gasteiger partial charge in [0.2, 0.25) is 5.91 Å². The van der Waals surface area contributed by atoms with Gasteiger partial charge in [0.1, 0.15) is 0 Å². The molecule has 1 saturated heterocycles. The summed E-state index contributed by atoms with van der Waals surface area (Å²) in [7, 11) is 0. The van der Waals surface area contributed by atoms with Crippen molar-refractivity contribution in [1.29, 1.82) is 0 Å².